The summed E-state index contributed by atoms with van der Waals surface area (Å²) in [5.74, 6) is -0.562. The molecule has 22 heavy (non-hydrogen) atoms. The molecule has 3 aromatic heterocycles. The summed E-state index contributed by atoms with van der Waals surface area (Å²) in [5, 5.41) is 5.11. The van der Waals surface area contributed by atoms with Crippen LogP contribution in [0.2, 0.25) is 0 Å². The zero-order valence-electron chi connectivity index (χ0n) is 11.7. The number of para-hydroxylation sites is 1. The van der Waals surface area contributed by atoms with Gasteiger partial charge in [-0.1, -0.05) is 12.1 Å². The third-order valence-corrected chi connectivity index (χ3v) is 3.72. The maximum absolute atomic E-state index is 13.3. The summed E-state index contributed by atoms with van der Waals surface area (Å²) in [7, 11) is 1.70. The molecule has 6 heteroatoms. The van der Waals surface area contributed by atoms with Crippen LogP contribution in [0.4, 0.5) is 4.39 Å². The molecule has 0 aliphatic rings. The van der Waals surface area contributed by atoms with Crippen molar-refractivity contribution in [3.05, 3.63) is 65.0 Å². The molecule has 0 bridgehead atoms. The Balaban J connectivity index is 2.12. The van der Waals surface area contributed by atoms with Crippen molar-refractivity contribution in [2.45, 2.75) is 0 Å². The SMILES string of the molecule is Cn1c(=O)c2ccccc2n2nc(-c3ccnc(F)c3)cc12. The second-order valence-corrected chi connectivity index (χ2v) is 5.05. The molecule has 0 atom stereocenters. The van der Waals surface area contributed by atoms with Gasteiger partial charge >= 0.3 is 0 Å². The lowest BCUT2D eigenvalue weighted by molar-refractivity contribution is 0.584. The van der Waals surface area contributed by atoms with Gasteiger partial charge in [0, 0.05) is 30.9 Å². The number of nitrogens with zero attached hydrogens (tertiary/aromatic N) is 4. The van der Waals surface area contributed by atoms with Gasteiger partial charge in [0.05, 0.1) is 16.6 Å². The van der Waals surface area contributed by atoms with Crippen molar-refractivity contribution in [3.63, 3.8) is 0 Å². The standard InChI is InChI=1S/C16H11FN4O/c1-20-15-9-12(10-6-7-18-14(17)8-10)19-21(15)13-5-3-2-4-11(13)16(20)22/h2-9H,1H3. The topological polar surface area (TPSA) is 52.2 Å². The van der Waals surface area contributed by atoms with Crippen molar-refractivity contribution in [2.24, 2.45) is 7.05 Å². The van der Waals surface area contributed by atoms with Gasteiger partial charge in [-0.2, -0.15) is 9.49 Å². The summed E-state index contributed by atoms with van der Waals surface area (Å²) in [4.78, 5) is 15.9. The summed E-state index contributed by atoms with van der Waals surface area (Å²) in [6, 6.07) is 12.1. The molecule has 0 radical (unpaired) electrons. The second-order valence-electron chi connectivity index (χ2n) is 5.05. The minimum absolute atomic E-state index is 0.0875. The lowest BCUT2D eigenvalue weighted by atomic mass is 10.2. The zero-order valence-corrected chi connectivity index (χ0v) is 11.7. The van der Waals surface area contributed by atoms with Crippen molar-refractivity contribution >= 4 is 16.6 Å². The van der Waals surface area contributed by atoms with E-state index in [1.807, 2.05) is 18.2 Å². The molecule has 0 amide bonds. The van der Waals surface area contributed by atoms with Crippen LogP contribution in [-0.2, 0) is 7.05 Å². The number of fused-ring (bicyclic) bond motifs is 3. The highest BCUT2D eigenvalue weighted by Crippen LogP contribution is 2.21. The van der Waals surface area contributed by atoms with E-state index < -0.39 is 5.95 Å². The first kappa shape index (κ1) is 12.7. The van der Waals surface area contributed by atoms with E-state index in [2.05, 4.69) is 10.1 Å². The number of hydrogen-bond donors (Lipinski definition) is 0. The van der Waals surface area contributed by atoms with Crippen molar-refractivity contribution in [1.29, 1.82) is 0 Å². The first-order valence-electron chi connectivity index (χ1n) is 6.74. The third kappa shape index (κ3) is 1.74. The van der Waals surface area contributed by atoms with Crippen LogP contribution >= 0.6 is 0 Å². The van der Waals surface area contributed by atoms with E-state index in [9.17, 15) is 9.18 Å². The Morgan fingerprint density at radius 1 is 1.14 bits per heavy atom. The number of aryl methyl sites for hydroxylation is 1. The van der Waals surface area contributed by atoms with Crippen molar-refractivity contribution in [3.8, 4) is 11.3 Å². The van der Waals surface area contributed by atoms with Gasteiger partial charge < -0.3 is 0 Å². The Bertz CT molecular complexity index is 1080. The van der Waals surface area contributed by atoms with Crippen LogP contribution in [0.15, 0.2) is 53.5 Å². The largest absolute Gasteiger partial charge is 0.296 e. The van der Waals surface area contributed by atoms with Crippen molar-refractivity contribution in [2.75, 3.05) is 0 Å². The Morgan fingerprint density at radius 3 is 2.77 bits per heavy atom. The first-order chi connectivity index (χ1) is 10.6. The molecule has 5 nitrogen and oxygen atoms in total. The molecule has 4 rings (SSSR count). The minimum atomic E-state index is -0.562. The Kier molecular flexibility index (Phi) is 2.59. The highest BCUT2D eigenvalue weighted by atomic mass is 19.1. The Morgan fingerprint density at radius 2 is 1.95 bits per heavy atom. The summed E-state index contributed by atoms with van der Waals surface area (Å²) in [5.41, 5.74) is 2.49. The molecule has 1 aromatic carbocycles. The van der Waals surface area contributed by atoms with Crippen LogP contribution in [0.25, 0.3) is 27.8 Å². The van der Waals surface area contributed by atoms with Crippen LogP contribution in [0, 0.1) is 5.95 Å². The molecule has 0 aliphatic heterocycles. The molecule has 3 heterocycles. The maximum atomic E-state index is 13.3. The van der Waals surface area contributed by atoms with Gasteiger partial charge in [-0.25, -0.2) is 9.50 Å². The molecular formula is C16H11FN4O. The fourth-order valence-electron chi connectivity index (χ4n) is 2.61. The molecule has 0 N–H and O–H groups in total. The quantitative estimate of drug-likeness (QED) is 0.506. The van der Waals surface area contributed by atoms with Crippen LogP contribution in [0.3, 0.4) is 0 Å². The van der Waals surface area contributed by atoms with E-state index in [0.29, 0.717) is 22.3 Å². The van der Waals surface area contributed by atoms with Crippen LogP contribution in [-0.4, -0.2) is 19.2 Å². The van der Waals surface area contributed by atoms with Gasteiger partial charge in [0.25, 0.3) is 5.56 Å². The summed E-state index contributed by atoms with van der Waals surface area (Å²) in [6.07, 6.45) is 1.39. The maximum Gasteiger partial charge on any atom is 0.261 e. The monoisotopic (exact) mass is 294 g/mol. The van der Waals surface area contributed by atoms with Crippen LogP contribution in [0.5, 0.6) is 0 Å². The van der Waals surface area contributed by atoms with E-state index >= 15 is 0 Å². The highest BCUT2D eigenvalue weighted by Gasteiger charge is 2.12. The number of benzene rings is 1. The van der Waals surface area contributed by atoms with E-state index in [0.717, 1.165) is 5.52 Å². The minimum Gasteiger partial charge on any atom is -0.296 e. The summed E-state index contributed by atoms with van der Waals surface area (Å²) in [6.45, 7) is 0. The smallest absolute Gasteiger partial charge is 0.261 e. The molecular weight excluding hydrogens is 283 g/mol. The van der Waals surface area contributed by atoms with Gasteiger partial charge in [0.15, 0.2) is 0 Å². The lowest BCUT2D eigenvalue weighted by Crippen LogP contribution is -2.19. The summed E-state index contributed by atoms with van der Waals surface area (Å²) >= 11 is 0. The van der Waals surface area contributed by atoms with Crippen molar-refractivity contribution in [1.82, 2.24) is 19.2 Å². The molecule has 108 valence electrons. The van der Waals surface area contributed by atoms with Crippen LogP contribution < -0.4 is 5.56 Å². The first-order valence-corrected chi connectivity index (χ1v) is 6.74. The van der Waals surface area contributed by atoms with Gasteiger partial charge in [-0.05, 0) is 18.2 Å². The molecule has 4 aromatic rings. The number of pyridine rings is 1. The van der Waals surface area contributed by atoms with E-state index in [4.69, 9.17) is 0 Å². The Hall–Kier alpha value is -3.02. The molecule has 0 saturated heterocycles. The predicted molar refractivity (Wildman–Crippen MR) is 81.1 cm³/mol. The molecule has 0 unspecified atom stereocenters. The van der Waals surface area contributed by atoms with E-state index in [1.165, 1.54) is 16.8 Å². The van der Waals surface area contributed by atoms with Gasteiger partial charge in [-0.15, -0.1) is 0 Å². The molecule has 0 spiro atoms. The second kappa shape index (κ2) is 4.49. The zero-order chi connectivity index (χ0) is 15.3. The van der Waals surface area contributed by atoms with Gasteiger partial charge in [0.2, 0.25) is 5.95 Å². The lowest BCUT2D eigenvalue weighted by Gasteiger charge is -2.05. The highest BCUT2D eigenvalue weighted by molar-refractivity contribution is 5.81. The normalized spacial score (nSPS) is 11.4. The van der Waals surface area contributed by atoms with Crippen LogP contribution in [0.1, 0.15) is 0 Å². The number of hydrogen-bond acceptors (Lipinski definition) is 3. The van der Waals surface area contributed by atoms with E-state index in [1.54, 1.807) is 29.8 Å². The van der Waals surface area contributed by atoms with Crippen molar-refractivity contribution < 1.29 is 4.39 Å². The summed E-state index contributed by atoms with van der Waals surface area (Å²) < 4.78 is 16.5. The fourth-order valence-corrected chi connectivity index (χ4v) is 2.61. The number of halogens is 1. The molecule has 0 aliphatic carbocycles. The molecule has 0 fully saturated rings. The fraction of sp³-hybridized carbons (Fsp3) is 0.0625. The number of aromatic nitrogens is 4. The molecule has 0 saturated carbocycles. The van der Waals surface area contributed by atoms with Gasteiger partial charge in [-0.3, -0.25) is 9.36 Å². The number of rotatable bonds is 1. The average molecular weight is 294 g/mol. The Labute approximate surface area is 124 Å². The van der Waals surface area contributed by atoms with E-state index in [-0.39, 0.29) is 5.56 Å². The average Bonchev–Trinajstić information content (AvgIpc) is 2.98. The predicted octanol–water partition coefficient (Wildman–Crippen LogP) is 2.39. The third-order valence-electron chi connectivity index (χ3n) is 3.72. The van der Waals surface area contributed by atoms with Gasteiger partial charge in [0.1, 0.15) is 5.65 Å².